The maximum Gasteiger partial charge on any atom is 0.220 e. The number of amides is 1. The summed E-state index contributed by atoms with van der Waals surface area (Å²) in [5, 5.41) is 38.2. The molecule has 1 heterocycles. The van der Waals surface area contributed by atoms with E-state index in [-0.39, 0.29) is 35.5 Å². The molecule has 0 saturated heterocycles. The fraction of sp³-hybridized carbons (Fsp3) is 0.615. The Hall–Kier alpha value is -2.20. The Bertz CT molecular complexity index is 1060. The highest BCUT2D eigenvalue weighted by atomic mass is 32.1. The normalized spacial score (nSPS) is 30.0. The zero-order chi connectivity index (χ0) is 25.4. The number of aliphatic hydroxyl groups is 2. The molecular formula is C26H38N4O4S. The number of benzene rings is 1. The summed E-state index contributed by atoms with van der Waals surface area (Å²) < 4.78 is 0. The van der Waals surface area contributed by atoms with Crippen molar-refractivity contribution in [1.29, 1.82) is 0 Å². The lowest BCUT2D eigenvalue weighted by Gasteiger charge is -2.58. The summed E-state index contributed by atoms with van der Waals surface area (Å²) in [6.07, 6.45) is 1.81. The van der Waals surface area contributed by atoms with Gasteiger partial charge in [-0.1, -0.05) is 19.9 Å². The zero-order valence-corrected chi connectivity index (χ0v) is 21.9. The quantitative estimate of drug-likeness (QED) is 0.377. The number of carbonyl (C=O) groups is 1. The summed E-state index contributed by atoms with van der Waals surface area (Å²) in [6.45, 7) is 5.44. The van der Waals surface area contributed by atoms with Crippen molar-refractivity contribution in [3.05, 3.63) is 34.8 Å². The number of thiazole rings is 1. The minimum Gasteiger partial charge on any atom is -0.508 e. The molecule has 2 aliphatic carbocycles. The van der Waals surface area contributed by atoms with E-state index < -0.39 is 11.5 Å². The number of anilines is 2. The second kappa shape index (κ2) is 10.0. The Balaban J connectivity index is 1.68. The Labute approximate surface area is 211 Å². The first-order valence-electron chi connectivity index (χ1n) is 12.3. The number of phenolic OH excluding ortho intramolecular Hbond substituents is 1. The SMILES string of the molecule is CN(C)CCNC(=O)CC1c2nc(Nc3cccc(O)c3)sc2CC2C(C)(CO)C(O)CCC12C. The molecule has 0 spiro atoms. The molecule has 1 aromatic heterocycles. The number of aromatic nitrogens is 1. The van der Waals surface area contributed by atoms with Gasteiger partial charge in [-0.25, -0.2) is 4.98 Å². The minimum absolute atomic E-state index is 0.00279. The summed E-state index contributed by atoms with van der Waals surface area (Å²) >= 11 is 1.55. The highest BCUT2D eigenvalue weighted by molar-refractivity contribution is 7.15. The van der Waals surface area contributed by atoms with Gasteiger partial charge in [0.1, 0.15) is 5.75 Å². The third-order valence-corrected chi connectivity index (χ3v) is 9.27. The molecule has 5 N–H and O–H groups in total. The molecule has 1 fully saturated rings. The van der Waals surface area contributed by atoms with E-state index in [0.29, 0.717) is 30.9 Å². The van der Waals surface area contributed by atoms with E-state index in [1.807, 2.05) is 32.0 Å². The highest BCUT2D eigenvalue weighted by Gasteiger charge is 2.59. The fourth-order valence-electron chi connectivity index (χ4n) is 6.08. The molecule has 8 nitrogen and oxygen atoms in total. The lowest BCUT2D eigenvalue weighted by molar-refractivity contribution is -0.144. The van der Waals surface area contributed by atoms with Crippen LogP contribution in [0.3, 0.4) is 0 Å². The number of rotatable bonds is 8. The number of carbonyl (C=O) groups excluding carboxylic acids is 1. The Morgan fingerprint density at radius 3 is 2.77 bits per heavy atom. The summed E-state index contributed by atoms with van der Waals surface area (Å²) in [4.78, 5) is 21.1. The van der Waals surface area contributed by atoms with Gasteiger partial charge in [-0.15, -0.1) is 11.3 Å². The van der Waals surface area contributed by atoms with E-state index in [2.05, 4.69) is 17.6 Å². The topological polar surface area (TPSA) is 118 Å². The van der Waals surface area contributed by atoms with Crippen molar-refractivity contribution in [2.75, 3.05) is 39.1 Å². The molecule has 1 saturated carbocycles. The van der Waals surface area contributed by atoms with Crippen LogP contribution in [-0.2, 0) is 11.2 Å². The van der Waals surface area contributed by atoms with Gasteiger partial charge in [0.25, 0.3) is 0 Å². The van der Waals surface area contributed by atoms with Crippen LogP contribution in [-0.4, -0.2) is 71.0 Å². The maximum absolute atomic E-state index is 13.1. The third-order valence-electron chi connectivity index (χ3n) is 8.26. The third kappa shape index (κ3) is 5.05. The Kier molecular flexibility index (Phi) is 7.43. The molecule has 35 heavy (non-hydrogen) atoms. The molecule has 4 rings (SSSR count). The predicted octanol–water partition coefficient (Wildman–Crippen LogP) is 3.08. The van der Waals surface area contributed by atoms with Gasteiger partial charge in [-0.3, -0.25) is 4.79 Å². The number of likely N-dealkylation sites (N-methyl/N-ethyl adjacent to an activating group) is 1. The Morgan fingerprint density at radius 1 is 1.31 bits per heavy atom. The van der Waals surface area contributed by atoms with Crippen molar-refractivity contribution in [3.8, 4) is 5.75 Å². The van der Waals surface area contributed by atoms with E-state index in [4.69, 9.17) is 4.98 Å². The van der Waals surface area contributed by atoms with Crippen LogP contribution in [0.4, 0.5) is 10.8 Å². The monoisotopic (exact) mass is 502 g/mol. The molecule has 9 heteroatoms. The van der Waals surface area contributed by atoms with Gasteiger partial charge >= 0.3 is 0 Å². The van der Waals surface area contributed by atoms with Crippen LogP contribution in [0.15, 0.2) is 24.3 Å². The van der Waals surface area contributed by atoms with Crippen molar-refractivity contribution in [3.63, 3.8) is 0 Å². The first-order chi connectivity index (χ1) is 16.6. The van der Waals surface area contributed by atoms with E-state index in [0.717, 1.165) is 29.2 Å². The number of hydrogen-bond donors (Lipinski definition) is 5. The molecule has 2 aromatic rings. The molecule has 0 bridgehead atoms. The first-order valence-corrected chi connectivity index (χ1v) is 13.1. The average molecular weight is 503 g/mol. The largest absolute Gasteiger partial charge is 0.508 e. The van der Waals surface area contributed by atoms with Gasteiger partial charge in [0.15, 0.2) is 5.13 Å². The van der Waals surface area contributed by atoms with Gasteiger partial charge in [-0.2, -0.15) is 0 Å². The molecule has 192 valence electrons. The fourth-order valence-corrected chi connectivity index (χ4v) is 7.17. The minimum atomic E-state index is -0.646. The van der Waals surface area contributed by atoms with Crippen LogP contribution >= 0.6 is 11.3 Å². The summed E-state index contributed by atoms with van der Waals surface area (Å²) in [5.41, 5.74) is 0.760. The molecule has 5 unspecified atom stereocenters. The van der Waals surface area contributed by atoms with Crippen LogP contribution in [0.25, 0.3) is 0 Å². The van der Waals surface area contributed by atoms with Crippen LogP contribution in [0.1, 0.15) is 49.6 Å². The van der Waals surface area contributed by atoms with Crippen molar-refractivity contribution in [2.24, 2.45) is 16.7 Å². The van der Waals surface area contributed by atoms with Crippen LogP contribution < -0.4 is 10.6 Å². The standard InChI is InChI=1S/C26H38N4O4S/c1-25-9-8-21(33)26(2,15-31)20(25)14-19-23(18(25)13-22(34)27-10-11-30(3)4)29-24(35-19)28-16-6-5-7-17(32)12-16/h5-7,12,18,20-21,31-33H,8-11,13-15H2,1-4H3,(H,27,34)(H,28,29). The second-order valence-corrected chi connectivity index (χ2v) is 12.0. The van der Waals surface area contributed by atoms with Gasteiger partial charge in [0.05, 0.1) is 18.4 Å². The smallest absolute Gasteiger partial charge is 0.220 e. The number of nitrogens with one attached hydrogen (secondary N) is 2. The zero-order valence-electron chi connectivity index (χ0n) is 21.0. The van der Waals surface area contributed by atoms with E-state index in [1.54, 1.807) is 29.5 Å². The number of aromatic hydroxyl groups is 1. The van der Waals surface area contributed by atoms with Gasteiger partial charge < -0.3 is 30.9 Å². The molecule has 5 atom stereocenters. The van der Waals surface area contributed by atoms with Crippen molar-refractivity contribution in [1.82, 2.24) is 15.2 Å². The highest BCUT2D eigenvalue weighted by Crippen LogP contribution is 2.62. The van der Waals surface area contributed by atoms with E-state index >= 15 is 0 Å². The second-order valence-electron chi connectivity index (χ2n) is 10.9. The maximum atomic E-state index is 13.1. The van der Waals surface area contributed by atoms with Gasteiger partial charge in [-0.05, 0) is 56.8 Å². The predicted molar refractivity (Wildman–Crippen MR) is 138 cm³/mol. The summed E-state index contributed by atoms with van der Waals surface area (Å²) in [6, 6.07) is 6.91. The summed E-state index contributed by atoms with van der Waals surface area (Å²) in [7, 11) is 3.95. The number of aliphatic hydroxyl groups excluding tert-OH is 2. The van der Waals surface area contributed by atoms with E-state index in [1.165, 1.54) is 0 Å². The lowest BCUT2D eigenvalue weighted by atomic mass is 9.47. The van der Waals surface area contributed by atoms with Crippen LogP contribution in [0.2, 0.25) is 0 Å². The molecule has 0 radical (unpaired) electrons. The molecule has 1 amide bonds. The molecule has 2 aliphatic rings. The van der Waals surface area contributed by atoms with Crippen LogP contribution in [0.5, 0.6) is 5.75 Å². The van der Waals surface area contributed by atoms with Crippen molar-refractivity contribution >= 4 is 28.1 Å². The number of nitrogens with zero attached hydrogens (tertiary/aromatic N) is 2. The first kappa shape index (κ1) is 25.9. The van der Waals surface area contributed by atoms with Gasteiger partial charge in [0.2, 0.25) is 5.91 Å². The number of fused-ring (bicyclic) bond motifs is 2. The average Bonchev–Trinajstić information content (AvgIpc) is 3.19. The number of hydrogen-bond acceptors (Lipinski definition) is 8. The van der Waals surface area contributed by atoms with Gasteiger partial charge in [0, 0.05) is 47.5 Å². The van der Waals surface area contributed by atoms with Crippen LogP contribution in [0, 0.1) is 16.7 Å². The van der Waals surface area contributed by atoms with Crippen molar-refractivity contribution < 1.29 is 20.1 Å². The lowest BCUT2D eigenvalue weighted by Crippen LogP contribution is -2.57. The van der Waals surface area contributed by atoms with E-state index in [9.17, 15) is 20.1 Å². The number of phenols is 1. The Morgan fingerprint density at radius 2 is 2.09 bits per heavy atom. The molecule has 0 aliphatic heterocycles. The molecule has 1 aromatic carbocycles. The molecular weight excluding hydrogens is 464 g/mol. The van der Waals surface area contributed by atoms with Crippen molar-refractivity contribution in [2.45, 2.75) is 51.6 Å². The summed E-state index contributed by atoms with van der Waals surface area (Å²) in [5.74, 6) is 0.0710.